The van der Waals surface area contributed by atoms with Gasteiger partial charge in [0.15, 0.2) is 5.76 Å². The van der Waals surface area contributed by atoms with Crippen molar-refractivity contribution in [3.05, 3.63) is 95.9 Å². The Morgan fingerprint density at radius 2 is 1.46 bits per heavy atom. The molecule has 0 saturated carbocycles. The quantitative estimate of drug-likeness (QED) is 0.344. The first-order valence-corrected chi connectivity index (χ1v) is 12.9. The molecule has 190 valence electrons. The number of carbonyl (C=O) groups is 1. The van der Waals surface area contributed by atoms with Gasteiger partial charge in [-0.25, -0.2) is 4.98 Å². The van der Waals surface area contributed by atoms with E-state index in [4.69, 9.17) is 9.40 Å². The van der Waals surface area contributed by atoms with Gasteiger partial charge in [-0.3, -0.25) is 14.6 Å². The average molecular weight is 495 g/mol. The molecule has 1 saturated heterocycles. The second-order valence-electron chi connectivity index (χ2n) is 9.76. The number of rotatable bonds is 7. The first kappa shape index (κ1) is 24.9. The third kappa shape index (κ3) is 5.66. The number of aromatic nitrogens is 1. The molecule has 1 atom stereocenters. The summed E-state index contributed by atoms with van der Waals surface area (Å²) in [6.07, 6.45) is 0. The van der Waals surface area contributed by atoms with Gasteiger partial charge < -0.3 is 9.73 Å². The molecule has 4 aromatic rings. The normalized spacial score (nSPS) is 15.4. The van der Waals surface area contributed by atoms with Crippen LogP contribution in [0.5, 0.6) is 0 Å². The van der Waals surface area contributed by atoms with Crippen molar-refractivity contribution in [2.24, 2.45) is 0 Å². The molecule has 5 rings (SSSR count). The molecule has 37 heavy (non-hydrogen) atoms. The molecule has 6 heteroatoms. The summed E-state index contributed by atoms with van der Waals surface area (Å²) in [7, 11) is 0. The highest BCUT2D eigenvalue weighted by atomic mass is 16.4. The first-order chi connectivity index (χ1) is 18.0. The molecule has 6 nitrogen and oxygen atoms in total. The number of hydrogen-bond donors (Lipinski definition) is 1. The van der Waals surface area contributed by atoms with Crippen molar-refractivity contribution in [2.45, 2.75) is 26.8 Å². The summed E-state index contributed by atoms with van der Waals surface area (Å²) in [6, 6.07) is 26.5. The van der Waals surface area contributed by atoms with E-state index in [1.54, 1.807) is 0 Å². The Kier molecular flexibility index (Phi) is 7.49. The van der Waals surface area contributed by atoms with Gasteiger partial charge in [0.1, 0.15) is 5.69 Å². The summed E-state index contributed by atoms with van der Waals surface area (Å²) in [6.45, 7) is 9.94. The van der Waals surface area contributed by atoms with Crippen molar-refractivity contribution in [3.63, 3.8) is 0 Å². The van der Waals surface area contributed by atoms with Gasteiger partial charge in [0.2, 0.25) is 11.8 Å². The van der Waals surface area contributed by atoms with Crippen LogP contribution in [0.15, 0.2) is 83.3 Å². The Morgan fingerprint density at radius 1 is 0.865 bits per heavy atom. The lowest BCUT2D eigenvalue weighted by molar-refractivity contribution is -0.117. The van der Waals surface area contributed by atoms with Crippen molar-refractivity contribution in [3.8, 4) is 22.6 Å². The van der Waals surface area contributed by atoms with Crippen LogP contribution >= 0.6 is 0 Å². The minimum absolute atomic E-state index is 0.0329. The largest absolute Gasteiger partial charge is 0.438 e. The highest BCUT2D eigenvalue weighted by molar-refractivity contribution is 5.93. The van der Waals surface area contributed by atoms with Gasteiger partial charge >= 0.3 is 0 Å². The van der Waals surface area contributed by atoms with E-state index in [0.29, 0.717) is 6.54 Å². The number of benzene rings is 3. The van der Waals surface area contributed by atoms with E-state index >= 15 is 0 Å². The van der Waals surface area contributed by atoms with Crippen LogP contribution in [0.1, 0.15) is 30.0 Å². The second-order valence-corrected chi connectivity index (χ2v) is 9.76. The van der Waals surface area contributed by atoms with Crippen molar-refractivity contribution in [2.75, 3.05) is 38.0 Å². The van der Waals surface area contributed by atoms with Gasteiger partial charge in [-0.15, -0.1) is 0 Å². The number of hydrogen-bond acceptors (Lipinski definition) is 5. The number of aryl methyl sites for hydroxylation is 2. The van der Waals surface area contributed by atoms with Crippen molar-refractivity contribution >= 4 is 11.6 Å². The molecule has 2 heterocycles. The maximum absolute atomic E-state index is 12.7. The molecule has 1 aromatic heterocycles. The molecule has 1 N–H and O–H groups in total. The number of amides is 1. The fourth-order valence-corrected chi connectivity index (χ4v) is 4.95. The molecule has 0 radical (unpaired) electrons. The summed E-state index contributed by atoms with van der Waals surface area (Å²) in [5.41, 5.74) is 6.03. The fraction of sp³-hybridized carbons (Fsp3) is 0.290. The predicted molar refractivity (Wildman–Crippen MR) is 148 cm³/mol. The smallest absolute Gasteiger partial charge is 0.238 e. The van der Waals surface area contributed by atoms with Crippen LogP contribution in [-0.2, 0) is 4.79 Å². The zero-order chi connectivity index (χ0) is 25.8. The van der Waals surface area contributed by atoms with Crippen molar-refractivity contribution in [1.29, 1.82) is 0 Å². The lowest BCUT2D eigenvalue weighted by atomic mass is 10.1. The van der Waals surface area contributed by atoms with Crippen LogP contribution in [0.2, 0.25) is 0 Å². The number of nitrogens with zero attached hydrogens (tertiary/aromatic N) is 3. The summed E-state index contributed by atoms with van der Waals surface area (Å²) >= 11 is 0. The molecule has 1 unspecified atom stereocenters. The van der Waals surface area contributed by atoms with E-state index in [1.165, 1.54) is 0 Å². The van der Waals surface area contributed by atoms with Gasteiger partial charge in [0, 0.05) is 43.0 Å². The van der Waals surface area contributed by atoms with Gasteiger partial charge in [-0.1, -0.05) is 78.9 Å². The lowest BCUT2D eigenvalue weighted by Crippen LogP contribution is -2.49. The third-order valence-corrected chi connectivity index (χ3v) is 7.15. The van der Waals surface area contributed by atoms with Gasteiger partial charge in [0.25, 0.3) is 0 Å². The Balaban J connectivity index is 1.25. The van der Waals surface area contributed by atoms with Gasteiger partial charge in [-0.2, -0.15) is 0 Å². The standard InChI is InChI=1S/C31H34N4O2/c1-22-11-10-12-23(2)28(22)32-27(36)21-34-17-19-35(20-18-34)24(3)31-33-29(25-13-6-4-7-14-25)30(37-31)26-15-8-5-9-16-26/h4-16,24H,17-21H2,1-3H3,(H,32,36). The van der Waals surface area contributed by atoms with E-state index in [9.17, 15) is 4.79 Å². The molecule has 3 aromatic carbocycles. The summed E-state index contributed by atoms with van der Waals surface area (Å²) in [5, 5.41) is 3.11. The minimum Gasteiger partial charge on any atom is -0.438 e. The Hall–Kier alpha value is -3.74. The zero-order valence-corrected chi connectivity index (χ0v) is 21.8. The Bertz CT molecular complexity index is 1270. The van der Waals surface area contributed by atoms with E-state index in [2.05, 4.69) is 46.3 Å². The summed E-state index contributed by atoms with van der Waals surface area (Å²) in [5.74, 6) is 1.56. The molecule has 0 spiro atoms. The van der Waals surface area contributed by atoms with Crippen LogP contribution in [0.4, 0.5) is 5.69 Å². The molecular weight excluding hydrogens is 460 g/mol. The third-order valence-electron chi connectivity index (χ3n) is 7.15. The molecular formula is C31H34N4O2. The Labute approximate surface area is 218 Å². The van der Waals surface area contributed by atoms with E-state index < -0.39 is 0 Å². The number of oxazole rings is 1. The second kappa shape index (κ2) is 11.1. The molecule has 1 aliphatic heterocycles. The minimum atomic E-state index is 0.0329. The van der Waals surface area contributed by atoms with Crippen LogP contribution in [-0.4, -0.2) is 53.4 Å². The monoisotopic (exact) mass is 494 g/mol. The van der Waals surface area contributed by atoms with Crippen molar-refractivity contribution in [1.82, 2.24) is 14.8 Å². The topological polar surface area (TPSA) is 61.6 Å². The van der Waals surface area contributed by atoms with Crippen LogP contribution in [0.25, 0.3) is 22.6 Å². The predicted octanol–water partition coefficient (Wildman–Crippen LogP) is 5.94. The summed E-state index contributed by atoms with van der Waals surface area (Å²) in [4.78, 5) is 22.3. The highest BCUT2D eigenvalue weighted by Crippen LogP contribution is 2.35. The lowest BCUT2D eigenvalue weighted by Gasteiger charge is -2.36. The maximum atomic E-state index is 12.7. The number of para-hydroxylation sites is 1. The van der Waals surface area contributed by atoms with Crippen LogP contribution < -0.4 is 5.32 Å². The number of nitrogens with one attached hydrogen (secondary N) is 1. The molecule has 1 aliphatic rings. The number of anilines is 1. The first-order valence-electron chi connectivity index (χ1n) is 12.9. The summed E-state index contributed by atoms with van der Waals surface area (Å²) < 4.78 is 6.42. The average Bonchev–Trinajstić information content (AvgIpc) is 3.38. The fourth-order valence-electron chi connectivity index (χ4n) is 4.95. The van der Waals surface area contributed by atoms with Crippen LogP contribution in [0, 0.1) is 13.8 Å². The number of piperazine rings is 1. The molecule has 0 bridgehead atoms. The van der Waals surface area contributed by atoms with Gasteiger partial charge in [-0.05, 0) is 31.9 Å². The molecule has 0 aliphatic carbocycles. The molecule has 1 fully saturated rings. The van der Waals surface area contributed by atoms with Crippen molar-refractivity contribution < 1.29 is 9.21 Å². The Morgan fingerprint density at radius 3 is 2.08 bits per heavy atom. The highest BCUT2D eigenvalue weighted by Gasteiger charge is 2.28. The number of carbonyl (C=O) groups excluding carboxylic acids is 1. The molecule has 1 amide bonds. The SMILES string of the molecule is Cc1cccc(C)c1NC(=O)CN1CCN(C(C)c2nc(-c3ccccc3)c(-c3ccccc3)o2)CC1. The van der Waals surface area contributed by atoms with Crippen LogP contribution in [0.3, 0.4) is 0 Å². The maximum Gasteiger partial charge on any atom is 0.238 e. The van der Waals surface area contributed by atoms with Gasteiger partial charge in [0.05, 0.1) is 12.6 Å². The van der Waals surface area contributed by atoms with E-state index in [1.807, 2.05) is 68.4 Å². The zero-order valence-electron chi connectivity index (χ0n) is 21.8. The van der Waals surface area contributed by atoms with E-state index in [-0.39, 0.29) is 11.9 Å². The van der Waals surface area contributed by atoms with E-state index in [0.717, 1.165) is 71.5 Å².